The minimum Gasteiger partial charge on any atom is -0.506 e. The van der Waals surface area contributed by atoms with Crippen LogP contribution in [0, 0.1) is 6.92 Å². The van der Waals surface area contributed by atoms with Crippen LogP contribution in [0.1, 0.15) is 42.8 Å². The van der Waals surface area contributed by atoms with Crippen molar-refractivity contribution >= 4 is 0 Å². The molecule has 2 N–H and O–H groups in total. The van der Waals surface area contributed by atoms with Gasteiger partial charge in [-0.05, 0) is 31.9 Å². The Hall–Kier alpha value is -4.08. The molecule has 10 nitrogen and oxygen atoms in total. The van der Waals surface area contributed by atoms with Gasteiger partial charge in [0.05, 0.1) is 43.2 Å². The second-order valence-electron chi connectivity index (χ2n) is 7.73. The van der Waals surface area contributed by atoms with Crippen molar-refractivity contribution < 1.29 is 28.6 Å². The maximum Gasteiger partial charge on any atom is 0.257 e. The molecule has 0 spiro atoms. The largest absolute Gasteiger partial charge is 0.506 e. The van der Waals surface area contributed by atoms with Crippen molar-refractivity contribution in [2.24, 2.45) is 0 Å². The first kappa shape index (κ1) is 23.1. The van der Waals surface area contributed by atoms with Gasteiger partial charge in [0.15, 0.2) is 0 Å². The average molecular weight is 466 g/mol. The van der Waals surface area contributed by atoms with Crippen molar-refractivity contribution in [3.63, 3.8) is 0 Å². The summed E-state index contributed by atoms with van der Waals surface area (Å²) in [5.74, 6) is 1.01. The quantitative estimate of drug-likeness (QED) is 0.364. The van der Waals surface area contributed by atoms with Gasteiger partial charge in [-0.1, -0.05) is 24.6 Å². The van der Waals surface area contributed by atoms with E-state index in [0.29, 0.717) is 40.5 Å². The molecule has 10 heteroatoms. The highest BCUT2D eigenvalue weighted by molar-refractivity contribution is 5.88. The summed E-state index contributed by atoms with van der Waals surface area (Å²) in [6, 6.07) is 7.07. The summed E-state index contributed by atoms with van der Waals surface area (Å²) in [7, 11) is 3.07. The molecule has 0 aliphatic rings. The minimum atomic E-state index is -0.410. The van der Waals surface area contributed by atoms with Crippen molar-refractivity contribution in [3.8, 4) is 45.7 Å². The van der Waals surface area contributed by atoms with Crippen LogP contribution in [0.3, 0.4) is 0 Å². The lowest BCUT2D eigenvalue weighted by Crippen LogP contribution is -2.01. The van der Waals surface area contributed by atoms with Crippen LogP contribution in [0.25, 0.3) is 22.6 Å². The van der Waals surface area contributed by atoms with Gasteiger partial charge < -0.3 is 28.6 Å². The number of hydrogen-bond acceptors (Lipinski definition) is 10. The van der Waals surface area contributed by atoms with Crippen LogP contribution in [0.15, 0.2) is 33.2 Å². The number of unbranched alkanes of at least 4 members (excludes halogenated alkanes) is 1. The van der Waals surface area contributed by atoms with Crippen molar-refractivity contribution in [1.29, 1.82) is 0 Å². The Bertz CT molecular complexity index is 1270. The Labute approximate surface area is 196 Å². The highest BCUT2D eigenvalue weighted by atomic mass is 16.5. The fourth-order valence-electron chi connectivity index (χ4n) is 3.76. The third-order valence-corrected chi connectivity index (χ3v) is 5.35. The SMILES string of the molecule is CCCCc1nc(O)c(-c2nnc(Cc3cc(C)no3)o2)c(O)c1-c1c(OC)cccc1OC. The number of aromatic hydroxyl groups is 2. The number of rotatable bonds is 9. The fourth-order valence-corrected chi connectivity index (χ4v) is 3.76. The van der Waals surface area contributed by atoms with Gasteiger partial charge in [-0.3, -0.25) is 0 Å². The summed E-state index contributed by atoms with van der Waals surface area (Å²) >= 11 is 0. The van der Waals surface area contributed by atoms with E-state index in [9.17, 15) is 10.2 Å². The third-order valence-electron chi connectivity index (χ3n) is 5.35. The van der Waals surface area contributed by atoms with E-state index in [2.05, 4.69) is 20.3 Å². The molecule has 4 rings (SSSR count). The first-order chi connectivity index (χ1) is 16.5. The number of methoxy groups -OCH3 is 2. The van der Waals surface area contributed by atoms with Crippen LogP contribution in [-0.2, 0) is 12.8 Å². The fraction of sp³-hybridized carbons (Fsp3) is 0.333. The van der Waals surface area contributed by atoms with E-state index >= 15 is 0 Å². The highest BCUT2D eigenvalue weighted by Crippen LogP contribution is 2.49. The van der Waals surface area contributed by atoms with Gasteiger partial charge >= 0.3 is 0 Å². The van der Waals surface area contributed by atoms with Crippen LogP contribution >= 0.6 is 0 Å². The molecule has 0 radical (unpaired) electrons. The summed E-state index contributed by atoms with van der Waals surface area (Å²) in [5, 5.41) is 34.1. The molecule has 0 aliphatic heterocycles. The van der Waals surface area contributed by atoms with E-state index in [1.165, 1.54) is 14.2 Å². The summed E-state index contributed by atoms with van der Waals surface area (Å²) in [4.78, 5) is 4.40. The van der Waals surface area contributed by atoms with E-state index in [-0.39, 0.29) is 29.5 Å². The number of hydrogen-bond donors (Lipinski definition) is 2. The molecule has 178 valence electrons. The first-order valence-corrected chi connectivity index (χ1v) is 10.9. The molecule has 3 aromatic heterocycles. The van der Waals surface area contributed by atoms with Gasteiger partial charge in [0.25, 0.3) is 5.89 Å². The van der Waals surface area contributed by atoms with Crippen LogP contribution in [0.5, 0.6) is 23.1 Å². The molecular formula is C24H26N4O6. The average Bonchev–Trinajstić information content (AvgIpc) is 3.46. The zero-order valence-corrected chi connectivity index (χ0v) is 19.5. The molecule has 0 bridgehead atoms. The number of pyridine rings is 1. The number of nitrogens with zero attached hydrogens (tertiary/aromatic N) is 4. The Kier molecular flexibility index (Phi) is 6.67. The van der Waals surface area contributed by atoms with Crippen molar-refractivity contribution in [1.82, 2.24) is 20.3 Å². The topological polar surface area (TPSA) is 137 Å². The van der Waals surface area contributed by atoms with E-state index in [4.69, 9.17) is 18.4 Å². The van der Waals surface area contributed by atoms with Crippen LogP contribution in [-0.4, -0.2) is 44.8 Å². The second kappa shape index (κ2) is 9.82. The van der Waals surface area contributed by atoms with E-state index < -0.39 is 5.88 Å². The van der Waals surface area contributed by atoms with E-state index in [1.54, 1.807) is 24.3 Å². The Morgan fingerprint density at radius 1 is 1.00 bits per heavy atom. The standard InChI is InChI=1S/C24H26N4O6/c1-5-6-8-15-19(20-16(31-3)9-7-10-17(20)32-4)22(29)21(23(30)25-15)24-27-26-18(33-24)12-14-11-13(2)28-34-14/h7,9-11H,5-6,8,12H2,1-4H3,(H2,25,29,30). The first-order valence-electron chi connectivity index (χ1n) is 10.9. The monoisotopic (exact) mass is 466 g/mol. The van der Waals surface area contributed by atoms with Gasteiger partial charge in [0.2, 0.25) is 11.8 Å². The van der Waals surface area contributed by atoms with Crippen LogP contribution in [0.2, 0.25) is 0 Å². The molecule has 0 atom stereocenters. The smallest absolute Gasteiger partial charge is 0.257 e. The Morgan fingerprint density at radius 2 is 1.74 bits per heavy atom. The summed E-state index contributed by atoms with van der Waals surface area (Å²) in [6.07, 6.45) is 2.44. The lowest BCUT2D eigenvalue weighted by molar-refractivity contribution is 0.374. The summed E-state index contributed by atoms with van der Waals surface area (Å²) in [5.41, 5.74) is 2.05. The Morgan fingerprint density at radius 3 is 2.35 bits per heavy atom. The van der Waals surface area contributed by atoms with Gasteiger partial charge in [0.1, 0.15) is 28.6 Å². The second-order valence-corrected chi connectivity index (χ2v) is 7.73. The molecule has 4 aromatic rings. The number of ether oxygens (including phenoxy) is 2. The number of aromatic nitrogens is 4. The molecule has 0 aliphatic carbocycles. The molecule has 34 heavy (non-hydrogen) atoms. The molecule has 0 saturated carbocycles. The molecule has 1 aromatic carbocycles. The predicted molar refractivity (Wildman–Crippen MR) is 122 cm³/mol. The maximum absolute atomic E-state index is 11.4. The molecule has 0 saturated heterocycles. The van der Waals surface area contributed by atoms with E-state index in [1.807, 2.05) is 13.8 Å². The number of aryl methyl sites for hydroxylation is 2. The minimum absolute atomic E-state index is 0.0734. The van der Waals surface area contributed by atoms with Gasteiger partial charge in [-0.2, -0.15) is 0 Å². The van der Waals surface area contributed by atoms with Gasteiger partial charge in [-0.15, -0.1) is 10.2 Å². The van der Waals surface area contributed by atoms with Crippen molar-refractivity contribution in [2.45, 2.75) is 39.5 Å². The van der Waals surface area contributed by atoms with Crippen molar-refractivity contribution in [2.75, 3.05) is 14.2 Å². The van der Waals surface area contributed by atoms with E-state index in [0.717, 1.165) is 18.5 Å². The van der Waals surface area contributed by atoms with Crippen molar-refractivity contribution in [3.05, 3.63) is 47.3 Å². The molecule has 0 unspecified atom stereocenters. The maximum atomic E-state index is 11.4. The van der Waals surface area contributed by atoms with Gasteiger partial charge in [0, 0.05) is 6.07 Å². The van der Waals surface area contributed by atoms with Gasteiger partial charge in [-0.25, -0.2) is 4.98 Å². The molecule has 3 heterocycles. The molecular weight excluding hydrogens is 440 g/mol. The van der Waals surface area contributed by atoms with Crippen LogP contribution in [0.4, 0.5) is 0 Å². The summed E-state index contributed by atoms with van der Waals surface area (Å²) in [6.45, 7) is 3.86. The zero-order chi connectivity index (χ0) is 24.2. The lowest BCUT2D eigenvalue weighted by Gasteiger charge is -2.18. The normalized spacial score (nSPS) is 11.1. The highest BCUT2D eigenvalue weighted by Gasteiger charge is 2.28. The molecule has 0 fully saturated rings. The summed E-state index contributed by atoms with van der Waals surface area (Å²) < 4.78 is 22.0. The Balaban J connectivity index is 1.87. The van der Waals surface area contributed by atoms with Crippen LogP contribution < -0.4 is 9.47 Å². The predicted octanol–water partition coefficient (Wildman–Crippen LogP) is 4.46. The molecule has 0 amide bonds. The third kappa shape index (κ3) is 4.39. The number of benzene rings is 1. The zero-order valence-electron chi connectivity index (χ0n) is 19.5. The lowest BCUT2D eigenvalue weighted by atomic mass is 9.95.